The first-order valence-corrected chi connectivity index (χ1v) is 8.44. The first kappa shape index (κ1) is 12.3. The molecule has 2 bridgehead atoms. The normalized spacial score (nSPS) is 16.1. The molecule has 0 N–H and O–H groups in total. The first-order valence-electron chi connectivity index (χ1n) is 6.28. The summed E-state index contributed by atoms with van der Waals surface area (Å²) in [6.45, 7) is 3.06. The lowest BCUT2D eigenvalue weighted by Gasteiger charge is -2.45. The van der Waals surface area contributed by atoms with Crippen LogP contribution < -0.4 is 9.80 Å². The van der Waals surface area contributed by atoms with E-state index in [2.05, 4.69) is 91.4 Å². The van der Waals surface area contributed by atoms with Crippen LogP contribution in [0.2, 0.25) is 0 Å². The summed E-state index contributed by atoms with van der Waals surface area (Å²) in [5.74, 6) is 0. The number of nitrogens with zero attached hydrogens (tertiary/aromatic N) is 2. The molecule has 0 fully saturated rings. The van der Waals surface area contributed by atoms with Gasteiger partial charge in [-0.25, -0.2) is 0 Å². The molecule has 0 unspecified atom stereocenters. The molecule has 2 aromatic rings. The predicted molar refractivity (Wildman–Crippen MR) is 95.6 cm³/mol. The molecule has 0 saturated carbocycles. The van der Waals surface area contributed by atoms with Gasteiger partial charge in [-0.1, -0.05) is 12.1 Å². The second kappa shape index (κ2) is 4.51. The van der Waals surface area contributed by atoms with Gasteiger partial charge >= 0.3 is 0 Å². The van der Waals surface area contributed by atoms with Crippen LogP contribution in [-0.4, -0.2) is 6.67 Å². The number of halogens is 2. The van der Waals surface area contributed by atoms with Gasteiger partial charge < -0.3 is 9.80 Å². The van der Waals surface area contributed by atoms with Crippen LogP contribution in [0.4, 0.5) is 11.4 Å². The third-order valence-electron chi connectivity index (χ3n) is 3.87. The highest BCUT2D eigenvalue weighted by Gasteiger charge is 2.30. The summed E-state index contributed by atoms with van der Waals surface area (Å²) in [5.41, 5.74) is 5.73. The first-order chi connectivity index (χ1) is 9.22. The van der Waals surface area contributed by atoms with E-state index in [0.29, 0.717) is 0 Å². The SMILES string of the molecule is Ic1ccc2c(c1)N1Cc3c(I)cccc3N(C2)C1. The molecule has 0 atom stereocenters. The third kappa shape index (κ3) is 1.94. The van der Waals surface area contributed by atoms with Crippen molar-refractivity contribution in [2.75, 3.05) is 16.5 Å². The lowest BCUT2D eigenvalue weighted by molar-refractivity contribution is 0.649. The highest BCUT2D eigenvalue weighted by Crippen LogP contribution is 2.39. The molecule has 2 aromatic carbocycles. The summed E-state index contributed by atoms with van der Waals surface area (Å²) in [4.78, 5) is 4.97. The predicted octanol–water partition coefficient (Wildman–Crippen LogP) is 4.19. The van der Waals surface area contributed by atoms with Gasteiger partial charge in [0.25, 0.3) is 0 Å². The van der Waals surface area contributed by atoms with Crippen LogP contribution in [0.15, 0.2) is 36.4 Å². The Morgan fingerprint density at radius 1 is 0.895 bits per heavy atom. The summed E-state index contributed by atoms with van der Waals surface area (Å²) in [5, 5.41) is 0. The van der Waals surface area contributed by atoms with Crippen molar-refractivity contribution in [3.63, 3.8) is 0 Å². The highest BCUT2D eigenvalue weighted by atomic mass is 127. The molecule has 0 spiro atoms. The van der Waals surface area contributed by atoms with Crippen LogP contribution in [-0.2, 0) is 13.1 Å². The fourth-order valence-electron chi connectivity index (χ4n) is 2.99. The van der Waals surface area contributed by atoms with Crippen molar-refractivity contribution in [2.45, 2.75) is 13.1 Å². The van der Waals surface area contributed by atoms with E-state index in [1.807, 2.05) is 0 Å². The topological polar surface area (TPSA) is 6.48 Å². The molecule has 2 nitrogen and oxygen atoms in total. The summed E-state index contributed by atoms with van der Waals surface area (Å²) in [6, 6.07) is 13.4. The van der Waals surface area contributed by atoms with E-state index in [1.165, 1.54) is 29.6 Å². The van der Waals surface area contributed by atoms with Gasteiger partial charge in [0, 0.05) is 37.2 Å². The Kier molecular flexibility index (Phi) is 2.91. The van der Waals surface area contributed by atoms with Gasteiger partial charge in [0.2, 0.25) is 0 Å². The second-order valence-corrected chi connectivity index (χ2v) is 7.46. The van der Waals surface area contributed by atoms with E-state index in [0.717, 1.165) is 19.8 Å². The number of rotatable bonds is 0. The Bertz CT molecular complexity index is 669. The molecule has 0 aromatic heterocycles. The van der Waals surface area contributed by atoms with Gasteiger partial charge in [-0.3, -0.25) is 0 Å². The quantitative estimate of drug-likeness (QED) is 0.529. The van der Waals surface area contributed by atoms with Crippen LogP contribution in [0.1, 0.15) is 11.1 Å². The van der Waals surface area contributed by atoms with Crippen molar-refractivity contribution in [3.05, 3.63) is 54.7 Å². The van der Waals surface area contributed by atoms with Gasteiger partial charge in [0.15, 0.2) is 0 Å². The maximum atomic E-state index is 2.49. The van der Waals surface area contributed by atoms with Gasteiger partial charge in [0.1, 0.15) is 0 Å². The Labute approximate surface area is 140 Å². The molecule has 0 amide bonds. The Hall–Kier alpha value is -0.500. The largest absolute Gasteiger partial charge is 0.349 e. The minimum Gasteiger partial charge on any atom is -0.349 e. The van der Waals surface area contributed by atoms with E-state index < -0.39 is 0 Å². The zero-order chi connectivity index (χ0) is 13.0. The number of fused-ring (bicyclic) bond motifs is 6. The summed E-state index contributed by atoms with van der Waals surface area (Å²) in [6.07, 6.45) is 0. The molecule has 0 aliphatic carbocycles. The van der Waals surface area contributed by atoms with Crippen LogP contribution in [0.25, 0.3) is 0 Å². The van der Waals surface area contributed by atoms with E-state index in [9.17, 15) is 0 Å². The molecule has 4 rings (SSSR count). The standard InChI is InChI=1S/C15H12I2N2/c16-11-5-4-10-7-18-9-19(15(10)6-11)8-12-13(17)2-1-3-14(12)18/h1-6H,7-9H2. The van der Waals surface area contributed by atoms with Crippen LogP contribution in [0.3, 0.4) is 0 Å². The highest BCUT2D eigenvalue weighted by molar-refractivity contribution is 14.1. The molecule has 2 heterocycles. The summed E-state index contributed by atoms with van der Waals surface area (Å²) >= 11 is 4.86. The fraction of sp³-hybridized carbons (Fsp3) is 0.200. The molecule has 2 aliphatic heterocycles. The zero-order valence-electron chi connectivity index (χ0n) is 10.2. The van der Waals surface area contributed by atoms with Crippen LogP contribution in [0.5, 0.6) is 0 Å². The molecule has 96 valence electrons. The second-order valence-electron chi connectivity index (χ2n) is 5.05. The maximum absolute atomic E-state index is 2.49. The van der Waals surface area contributed by atoms with Gasteiger partial charge in [-0.15, -0.1) is 0 Å². The zero-order valence-corrected chi connectivity index (χ0v) is 14.6. The van der Waals surface area contributed by atoms with E-state index in [1.54, 1.807) is 0 Å². The van der Waals surface area contributed by atoms with Crippen molar-refractivity contribution in [3.8, 4) is 0 Å². The Morgan fingerprint density at radius 3 is 2.63 bits per heavy atom. The molecule has 4 heteroatoms. The Morgan fingerprint density at radius 2 is 1.74 bits per heavy atom. The minimum absolute atomic E-state index is 1.01. The number of hydrogen-bond acceptors (Lipinski definition) is 2. The van der Waals surface area contributed by atoms with Crippen molar-refractivity contribution < 1.29 is 0 Å². The summed E-state index contributed by atoms with van der Waals surface area (Å²) in [7, 11) is 0. The maximum Gasteiger partial charge on any atom is 0.0910 e. The van der Waals surface area contributed by atoms with E-state index in [4.69, 9.17) is 0 Å². The van der Waals surface area contributed by atoms with E-state index >= 15 is 0 Å². The van der Waals surface area contributed by atoms with Gasteiger partial charge in [0.05, 0.1) is 6.67 Å². The number of hydrogen-bond donors (Lipinski definition) is 0. The lowest BCUT2D eigenvalue weighted by atomic mass is 10.0. The molecule has 0 saturated heterocycles. The summed E-state index contributed by atoms with van der Waals surface area (Å²) < 4.78 is 2.69. The van der Waals surface area contributed by atoms with Crippen molar-refractivity contribution in [2.24, 2.45) is 0 Å². The average molecular weight is 474 g/mol. The molecule has 0 radical (unpaired) electrons. The van der Waals surface area contributed by atoms with Crippen LogP contribution in [0, 0.1) is 7.14 Å². The van der Waals surface area contributed by atoms with Crippen molar-refractivity contribution >= 4 is 56.6 Å². The third-order valence-corrected chi connectivity index (χ3v) is 5.56. The lowest BCUT2D eigenvalue weighted by Crippen LogP contribution is -2.46. The molecule has 19 heavy (non-hydrogen) atoms. The number of benzene rings is 2. The van der Waals surface area contributed by atoms with Crippen molar-refractivity contribution in [1.29, 1.82) is 0 Å². The molecular formula is C15H12I2N2. The van der Waals surface area contributed by atoms with Gasteiger partial charge in [-0.05, 0) is 75.0 Å². The Balaban J connectivity index is 1.86. The molecular weight excluding hydrogens is 462 g/mol. The van der Waals surface area contributed by atoms with Crippen molar-refractivity contribution in [1.82, 2.24) is 0 Å². The average Bonchev–Trinajstić information content (AvgIpc) is 2.41. The molecule has 2 aliphatic rings. The monoisotopic (exact) mass is 474 g/mol. The fourth-order valence-corrected chi connectivity index (χ4v) is 4.12. The van der Waals surface area contributed by atoms with E-state index in [-0.39, 0.29) is 0 Å². The van der Waals surface area contributed by atoms with Gasteiger partial charge in [-0.2, -0.15) is 0 Å². The van der Waals surface area contributed by atoms with Crippen LogP contribution >= 0.6 is 45.2 Å². The minimum atomic E-state index is 1.01. The smallest absolute Gasteiger partial charge is 0.0910 e. The number of anilines is 2.